The van der Waals surface area contributed by atoms with Crippen LogP contribution in [0.3, 0.4) is 0 Å². The fraction of sp³-hybridized carbons (Fsp3) is 0.923. The second-order valence-corrected chi connectivity index (χ2v) is 4.92. The molecule has 0 aromatic carbocycles. The van der Waals surface area contributed by atoms with E-state index in [-0.39, 0.29) is 24.2 Å². The van der Waals surface area contributed by atoms with E-state index in [1.165, 1.54) is 25.7 Å². The van der Waals surface area contributed by atoms with Crippen molar-refractivity contribution in [3.63, 3.8) is 0 Å². The van der Waals surface area contributed by atoms with E-state index in [4.69, 9.17) is 5.73 Å². The summed E-state index contributed by atoms with van der Waals surface area (Å²) in [5.74, 6) is 1.26. The van der Waals surface area contributed by atoms with Gasteiger partial charge < -0.3 is 11.1 Å². The van der Waals surface area contributed by atoms with Crippen LogP contribution in [0.25, 0.3) is 0 Å². The molecule has 4 heteroatoms. The molecule has 1 unspecified atom stereocenters. The highest BCUT2D eigenvalue weighted by Crippen LogP contribution is 2.31. The number of nitrogens with two attached hydrogens (primary N) is 1. The molecule has 0 saturated heterocycles. The normalized spacial score (nSPS) is 17.5. The minimum absolute atomic E-state index is 0. The van der Waals surface area contributed by atoms with Crippen LogP contribution < -0.4 is 11.1 Å². The summed E-state index contributed by atoms with van der Waals surface area (Å²) < 4.78 is 0. The third-order valence-electron chi connectivity index (χ3n) is 3.64. The van der Waals surface area contributed by atoms with Crippen LogP contribution in [0.15, 0.2) is 0 Å². The van der Waals surface area contributed by atoms with Crippen LogP contribution in [-0.2, 0) is 4.79 Å². The maximum atomic E-state index is 11.9. The number of carbonyl (C=O) groups excluding carboxylic acids is 1. The third-order valence-corrected chi connectivity index (χ3v) is 3.64. The Balaban J connectivity index is 0.00000256. The highest BCUT2D eigenvalue weighted by molar-refractivity contribution is 5.85. The summed E-state index contributed by atoms with van der Waals surface area (Å²) >= 11 is 0. The first-order chi connectivity index (χ1) is 7.77. The second kappa shape index (κ2) is 9.72. The molecule has 1 aliphatic carbocycles. The molecule has 17 heavy (non-hydrogen) atoms. The van der Waals surface area contributed by atoms with Crippen molar-refractivity contribution < 1.29 is 4.79 Å². The predicted molar refractivity (Wildman–Crippen MR) is 74.3 cm³/mol. The van der Waals surface area contributed by atoms with E-state index in [9.17, 15) is 4.79 Å². The fourth-order valence-corrected chi connectivity index (χ4v) is 2.57. The predicted octanol–water partition coefficient (Wildman–Crippen LogP) is 2.48. The zero-order chi connectivity index (χ0) is 11.8. The van der Waals surface area contributed by atoms with Gasteiger partial charge in [0, 0.05) is 12.5 Å². The average molecular weight is 263 g/mol. The lowest BCUT2D eigenvalue weighted by Gasteiger charge is -2.18. The lowest BCUT2D eigenvalue weighted by atomic mass is 9.91. The Morgan fingerprint density at radius 3 is 2.59 bits per heavy atom. The number of halogens is 1. The Labute approximate surface area is 111 Å². The highest BCUT2D eigenvalue weighted by atomic mass is 35.5. The molecule has 1 amide bonds. The van der Waals surface area contributed by atoms with Gasteiger partial charge in [-0.2, -0.15) is 0 Å². The first-order valence-corrected chi connectivity index (χ1v) is 6.75. The number of hydrogen-bond acceptors (Lipinski definition) is 2. The van der Waals surface area contributed by atoms with Gasteiger partial charge in [0.05, 0.1) is 0 Å². The topological polar surface area (TPSA) is 55.1 Å². The smallest absolute Gasteiger partial charge is 0.223 e. The van der Waals surface area contributed by atoms with Crippen molar-refractivity contribution in [2.24, 2.45) is 17.6 Å². The molecule has 0 aromatic rings. The molecule has 0 aromatic heterocycles. The van der Waals surface area contributed by atoms with Gasteiger partial charge in [0.25, 0.3) is 0 Å². The molecular formula is C13H27ClN2O. The number of hydrogen-bond donors (Lipinski definition) is 2. The highest BCUT2D eigenvalue weighted by Gasteiger charge is 2.23. The van der Waals surface area contributed by atoms with Gasteiger partial charge in [-0.05, 0) is 31.7 Å². The van der Waals surface area contributed by atoms with Crippen LogP contribution in [0.4, 0.5) is 0 Å². The van der Waals surface area contributed by atoms with Crippen LogP contribution in [0.5, 0.6) is 0 Å². The Bertz CT molecular complexity index is 206. The molecule has 0 spiro atoms. The molecule has 0 radical (unpaired) electrons. The molecule has 0 heterocycles. The molecule has 102 valence electrons. The van der Waals surface area contributed by atoms with Crippen molar-refractivity contribution in [3.05, 3.63) is 0 Å². The van der Waals surface area contributed by atoms with Crippen molar-refractivity contribution >= 4 is 18.3 Å². The summed E-state index contributed by atoms with van der Waals surface area (Å²) in [5.41, 5.74) is 5.40. The minimum atomic E-state index is 0. The Morgan fingerprint density at radius 1 is 1.41 bits per heavy atom. The van der Waals surface area contributed by atoms with Gasteiger partial charge >= 0.3 is 0 Å². The van der Waals surface area contributed by atoms with E-state index in [1.54, 1.807) is 0 Å². The summed E-state index contributed by atoms with van der Waals surface area (Å²) in [6, 6.07) is 0. The lowest BCUT2D eigenvalue weighted by molar-refractivity contribution is -0.125. The molecular weight excluding hydrogens is 236 g/mol. The Kier molecular flexibility index (Phi) is 9.56. The molecule has 1 atom stereocenters. The molecule has 0 bridgehead atoms. The van der Waals surface area contributed by atoms with E-state index in [0.29, 0.717) is 6.54 Å². The zero-order valence-electron chi connectivity index (χ0n) is 10.9. The number of amides is 1. The van der Waals surface area contributed by atoms with Gasteiger partial charge in [-0.1, -0.05) is 32.6 Å². The summed E-state index contributed by atoms with van der Waals surface area (Å²) in [5, 5.41) is 2.99. The van der Waals surface area contributed by atoms with Crippen LogP contribution in [0.1, 0.15) is 51.9 Å². The van der Waals surface area contributed by atoms with Gasteiger partial charge in [0.15, 0.2) is 0 Å². The molecule has 3 N–H and O–H groups in total. The minimum Gasteiger partial charge on any atom is -0.356 e. The van der Waals surface area contributed by atoms with Gasteiger partial charge in [-0.3, -0.25) is 4.79 Å². The standard InChI is InChI=1S/C13H26N2O.ClH/c1-2-12(10-11-6-3-4-7-11)13(16)15-9-5-8-14;/h11-12H,2-10,14H2,1H3,(H,15,16);1H. The van der Waals surface area contributed by atoms with E-state index >= 15 is 0 Å². The molecule has 0 aliphatic heterocycles. The molecule has 1 saturated carbocycles. The molecule has 1 fully saturated rings. The fourth-order valence-electron chi connectivity index (χ4n) is 2.57. The van der Waals surface area contributed by atoms with Crippen LogP contribution in [0, 0.1) is 11.8 Å². The van der Waals surface area contributed by atoms with Crippen LogP contribution in [0.2, 0.25) is 0 Å². The SMILES string of the molecule is CCC(CC1CCCC1)C(=O)NCCCN.Cl. The van der Waals surface area contributed by atoms with Crippen molar-refractivity contribution in [2.45, 2.75) is 51.9 Å². The maximum absolute atomic E-state index is 11.9. The quantitative estimate of drug-likeness (QED) is 0.693. The first kappa shape index (κ1) is 16.7. The molecule has 1 aliphatic rings. The summed E-state index contributed by atoms with van der Waals surface area (Å²) in [6.07, 6.45) is 8.30. The van der Waals surface area contributed by atoms with Gasteiger partial charge in [0.2, 0.25) is 5.91 Å². The zero-order valence-corrected chi connectivity index (χ0v) is 11.7. The van der Waals surface area contributed by atoms with E-state index in [2.05, 4.69) is 12.2 Å². The third kappa shape index (κ3) is 6.27. The van der Waals surface area contributed by atoms with Gasteiger partial charge in [-0.25, -0.2) is 0 Å². The van der Waals surface area contributed by atoms with Gasteiger partial charge in [0.1, 0.15) is 0 Å². The monoisotopic (exact) mass is 262 g/mol. The summed E-state index contributed by atoms with van der Waals surface area (Å²) in [4.78, 5) is 11.9. The van der Waals surface area contributed by atoms with Crippen LogP contribution >= 0.6 is 12.4 Å². The number of rotatable bonds is 7. The van der Waals surface area contributed by atoms with Gasteiger partial charge in [-0.15, -0.1) is 12.4 Å². The second-order valence-electron chi connectivity index (χ2n) is 4.92. The summed E-state index contributed by atoms with van der Waals surface area (Å²) in [7, 11) is 0. The first-order valence-electron chi connectivity index (χ1n) is 6.75. The largest absolute Gasteiger partial charge is 0.356 e. The lowest BCUT2D eigenvalue weighted by Crippen LogP contribution is -2.32. The number of nitrogens with one attached hydrogen (secondary N) is 1. The Hall–Kier alpha value is -0.280. The van der Waals surface area contributed by atoms with Crippen molar-refractivity contribution in [2.75, 3.05) is 13.1 Å². The van der Waals surface area contributed by atoms with Crippen molar-refractivity contribution in [1.82, 2.24) is 5.32 Å². The number of carbonyl (C=O) groups is 1. The Morgan fingerprint density at radius 2 is 2.06 bits per heavy atom. The van der Waals surface area contributed by atoms with Crippen molar-refractivity contribution in [1.29, 1.82) is 0 Å². The molecule has 3 nitrogen and oxygen atoms in total. The summed E-state index contributed by atoms with van der Waals surface area (Å²) in [6.45, 7) is 3.50. The van der Waals surface area contributed by atoms with Crippen molar-refractivity contribution in [3.8, 4) is 0 Å². The average Bonchev–Trinajstić information content (AvgIpc) is 2.78. The van der Waals surface area contributed by atoms with E-state index in [1.807, 2.05) is 0 Å². The van der Waals surface area contributed by atoms with E-state index < -0.39 is 0 Å². The molecule has 1 rings (SSSR count). The van der Waals surface area contributed by atoms with E-state index in [0.717, 1.165) is 31.7 Å². The van der Waals surface area contributed by atoms with Crippen LogP contribution in [-0.4, -0.2) is 19.0 Å². The maximum Gasteiger partial charge on any atom is 0.223 e.